The minimum atomic E-state index is -0.186. The predicted octanol–water partition coefficient (Wildman–Crippen LogP) is 5.82. The van der Waals surface area contributed by atoms with Gasteiger partial charge in [-0.05, 0) is 43.7 Å². The molecule has 1 heterocycles. The van der Waals surface area contributed by atoms with Crippen molar-refractivity contribution >= 4 is 38.3 Å². The lowest BCUT2D eigenvalue weighted by atomic mass is 10.2. The summed E-state index contributed by atoms with van der Waals surface area (Å²) < 4.78 is 12.5. The Labute approximate surface area is 189 Å². The first-order valence-electron chi connectivity index (χ1n) is 9.80. The van der Waals surface area contributed by atoms with Crippen LogP contribution in [0.5, 0.6) is 11.5 Å². The Balaban J connectivity index is 1.78. The molecule has 0 N–H and O–H groups in total. The Hall–Kier alpha value is -2.45. The molecule has 0 fully saturated rings. The summed E-state index contributed by atoms with van der Waals surface area (Å²) in [5, 5.41) is 9.71. The number of hydrogen-bond donors (Lipinski definition) is 0. The molecule has 0 aliphatic heterocycles. The van der Waals surface area contributed by atoms with Gasteiger partial charge in [0, 0.05) is 22.6 Å². The fraction of sp³-hybridized carbons (Fsp3) is 0.318. The molecule has 30 heavy (non-hydrogen) atoms. The zero-order chi connectivity index (χ0) is 21.5. The van der Waals surface area contributed by atoms with Crippen molar-refractivity contribution in [2.75, 3.05) is 25.2 Å². The average molecular weight is 490 g/mol. The number of amides is 1. The van der Waals surface area contributed by atoms with Gasteiger partial charge < -0.3 is 9.47 Å². The minimum absolute atomic E-state index is 0.186. The van der Waals surface area contributed by atoms with E-state index in [9.17, 15) is 4.79 Å². The summed E-state index contributed by atoms with van der Waals surface area (Å²) in [6.45, 7) is 5.12. The largest absolute Gasteiger partial charge is 0.490 e. The third-order valence-electron chi connectivity index (χ3n) is 4.34. The first-order chi connectivity index (χ1) is 14.5. The highest BCUT2D eigenvalue weighted by molar-refractivity contribution is 9.10. The van der Waals surface area contributed by atoms with Crippen molar-refractivity contribution < 1.29 is 14.3 Å². The number of unbranched alkanes of at least 4 members (excludes halogenated alkanes) is 1. The van der Waals surface area contributed by atoms with Gasteiger partial charge in [0.15, 0.2) is 11.5 Å². The van der Waals surface area contributed by atoms with E-state index in [1.54, 1.807) is 25.2 Å². The van der Waals surface area contributed by atoms with E-state index < -0.39 is 0 Å². The Morgan fingerprint density at radius 1 is 1.07 bits per heavy atom. The third-order valence-corrected chi connectivity index (χ3v) is 5.92. The number of hydrogen-bond acceptors (Lipinski definition) is 6. The molecular weight excluding hydrogens is 466 g/mol. The van der Waals surface area contributed by atoms with Gasteiger partial charge >= 0.3 is 0 Å². The van der Waals surface area contributed by atoms with E-state index in [1.807, 2.05) is 31.2 Å². The van der Waals surface area contributed by atoms with Crippen LogP contribution in [0, 0.1) is 0 Å². The maximum absolute atomic E-state index is 13.0. The fourth-order valence-corrected chi connectivity index (χ4v) is 3.77. The molecule has 0 bridgehead atoms. The van der Waals surface area contributed by atoms with Crippen LogP contribution < -0.4 is 14.4 Å². The minimum Gasteiger partial charge on any atom is -0.490 e. The summed E-state index contributed by atoms with van der Waals surface area (Å²) >= 11 is 4.79. The second-order valence-corrected chi connectivity index (χ2v) is 8.43. The highest BCUT2D eigenvalue weighted by Gasteiger charge is 2.20. The number of nitrogens with zero attached hydrogens (tertiary/aromatic N) is 3. The fourth-order valence-electron chi connectivity index (χ4n) is 2.70. The van der Waals surface area contributed by atoms with Crippen LogP contribution in [0.1, 0.15) is 37.0 Å². The number of halogens is 1. The summed E-state index contributed by atoms with van der Waals surface area (Å²) in [6, 6.07) is 13.1. The van der Waals surface area contributed by atoms with E-state index in [4.69, 9.17) is 9.47 Å². The molecule has 1 aromatic heterocycles. The van der Waals surface area contributed by atoms with Gasteiger partial charge in [-0.1, -0.05) is 52.7 Å². The molecule has 3 aromatic rings. The molecule has 0 aliphatic rings. The predicted molar refractivity (Wildman–Crippen MR) is 124 cm³/mol. The number of carbonyl (C=O) groups excluding carboxylic acids is 1. The van der Waals surface area contributed by atoms with E-state index in [0.717, 1.165) is 27.9 Å². The van der Waals surface area contributed by atoms with Gasteiger partial charge in [0.25, 0.3) is 5.91 Å². The zero-order valence-corrected chi connectivity index (χ0v) is 19.6. The van der Waals surface area contributed by atoms with Crippen molar-refractivity contribution in [1.29, 1.82) is 0 Å². The lowest BCUT2D eigenvalue weighted by Gasteiger charge is -2.16. The van der Waals surface area contributed by atoms with Gasteiger partial charge in [0.2, 0.25) is 5.13 Å². The maximum atomic E-state index is 13.0. The van der Waals surface area contributed by atoms with E-state index in [0.29, 0.717) is 35.4 Å². The molecule has 6 nitrogen and oxygen atoms in total. The summed E-state index contributed by atoms with van der Waals surface area (Å²) in [6.07, 6.45) is 2.02. The third kappa shape index (κ3) is 5.37. The van der Waals surface area contributed by atoms with Crippen LogP contribution in [0.25, 0.3) is 10.6 Å². The van der Waals surface area contributed by atoms with E-state index in [1.165, 1.54) is 16.2 Å². The van der Waals surface area contributed by atoms with Gasteiger partial charge in [0.05, 0.1) is 13.2 Å². The van der Waals surface area contributed by atoms with Crippen LogP contribution >= 0.6 is 27.3 Å². The lowest BCUT2D eigenvalue weighted by Crippen LogP contribution is -2.26. The van der Waals surface area contributed by atoms with Crippen molar-refractivity contribution in [3.8, 4) is 22.1 Å². The Kier molecular flexibility index (Phi) is 7.81. The van der Waals surface area contributed by atoms with Gasteiger partial charge in [0.1, 0.15) is 5.01 Å². The molecule has 2 aromatic carbocycles. The molecule has 3 rings (SSSR count). The summed E-state index contributed by atoms with van der Waals surface area (Å²) in [4.78, 5) is 14.5. The van der Waals surface area contributed by atoms with Crippen LogP contribution in [0.4, 0.5) is 5.13 Å². The first-order valence-corrected chi connectivity index (χ1v) is 11.4. The van der Waals surface area contributed by atoms with E-state index in [2.05, 4.69) is 33.1 Å². The van der Waals surface area contributed by atoms with Crippen LogP contribution in [0.15, 0.2) is 46.9 Å². The second kappa shape index (κ2) is 10.5. The molecular formula is C22H24BrN3O3S. The molecule has 1 amide bonds. The molecule has 0 radical (unpaired) electrons. The Morgan fingerprint density at radius 2 is 1.83 bits per heavy atom. The number of ether oxygens (including phenoxy) is 2. The maximum Gasteiger partial charge on any atom is 0.259 e. The molecule has 0 saturated carbocycles. The van der Waals surface area contributed by atoms with Crippen LogP contribution in [-0.2, 0) is 0 Å². The van der Waals surface area contributed by atoms with Crippen molar-refractivity contribution in [2.24, 2.45) is 0 Å². The highest BCUT2D eigenvalue weighted by Crippen LogP contribution is 2.32. The lowest BCUT2D eigenvalue weighted by molar-refractivity contribution is 0.0992. The van der Waals surface area contributed by atoms with Gasteiger partial charge in [-0.15, -0.1) is 10.2 Å². The molecule has 0 unspecified atom stereocenters. The Bertz CT molecular complexity index is 992. The number of benzene rings is 2. The molecule has 0 spiro atoms. The molecule has 0 atom stereocenters. The highest BCUT2D eigenvalue weighted by atomic mass is 79.9. The van der Waals surface area contributed by atoms with Crippen molar-refractivity contribution in [3.63, 3.8) is 0 Å². The van der Waals surface area contributed by atoms with E-state index in [-0.39, 0.29) is 5.91 Å². The number of anilines is 1. The van der Waals surface area contributed by atoms with Gasteiger partial charge in [-0.25, -0.2) is 0 Å². The van der Waals surface area contributed by atoms with Gasteiger partial charge in [-0.3, -0.25) is 9.69 Å². The zero-order valence-electron chi connectivity index (χ0n) is 17.2. The first kappa shape index (κ1) is 22.2. The average Bonchev–Trinajstić information content (AvgIpc) is 3.25. The van der Waals surface area contributed by atoms with Crippen LogP contribution in [0.2, 0.25) is 0 Å². The van der Waals surface area contributed by atoms with E-state index >= 15 is 0 Å². The molecule has 8 heteroatoms. The SMILES string of the molecule is CCCCOc1ccc(C(=O)N(C)c2nnc(-c3ccc(Br)cc3)s2)cc1OCC. The topological polar surface area (TPSA) is 64.5 Å². The van der Waals surface area contributed by atoms with Gasteiger partial charge in [-0.2, -0.15) is 0 Å². The summed E-state index contributed by atoms with van der Waals surface area (Å²) in [7, 11) is 1.69. The van der Waals surface area contributed by atoms with Crippen molar-refractivity contribution in [2.45, 2.75) is 26.7 Å². The second-order valence-electron chi connectivity index (χ2n) is 6.56. The number of rotatable bonds is 9. The van der Waals surface area contributed by atoms with Crippen LogP contribution in [-0.4, -0.2) is 36.4 Å². The van der Waals surface area contributed by atoms with Crippen molar-refractivity contribution in [1.82, 2.24) is 10.2 Å². The smallest absolute Gasteiger partial charge is 0.259 e. The molecule has 0 aliphatic carbocycles. The summed E-state index contributed by atoms with van der Waals surface area (Å²) in [5.74, 6) is 1.04. The molecule has 158 valence electrons. The number of carbonyl (C=O) groups is 1. The number of aromatic nitrogens is 2. The molecule has 0 saturated heterocycles. The Morgan fingerprint density at radius 3 is 2.53 bits per heavy atom. The van der Waals surface area contributed by atoms with Crippen molar-refractivity contribution in [3.05, 3.63) is 52.5 Å². The summed E-state index contributed by atoms with van der Waals surface area (Å²) in [5.41, 5.74) is 1.46. The van der Waals surface area contributed by atoms with Crippen LogP contribution in [0.3, 0.4) is 0 Å². The monoisotopic (exact) mass is 489 g/mol. The standard InChI is InChI=1S/C22H24BrN3O3S/c1-4-6-13-29-18-12-9-16(14-19(18)28-5-2)21(27)26(3)22-25-24-20(30-22)15-7-10-17(23)11-8-15/h7-12,14H,4-6,13H2,1-3H3. The normalized spacial score (nSPS) is 10.7. The quantitative estimate of drug-likeness (QED) is 0.354.